The molecule has 2 heterocycles. The van der Waals surface area contributed by atoms with Crippen molar-refractivity contribution in [1.82, 2.24) is 19.7 Å². The highest BCUT2D eigenvalue weighted by molar-refractivity contribution is 7.99. The summed E-state index contributed by atoms with van der Waals surface area (Å²) in [5.74, 6) is 0.0514. The minimum Gasteiger partial charge on any atom is -0.384 e. The molecule has 0 spiro atoms. The lowest BCUT2D eigenvalue weighted by Gasteiger charge is -2.17. The Bertz CT molecular complexity index is 663. The van der Waals surface area contributed by atoms with Crippen LogP contribution in [0.2, 0.25) is 0 Å². The number of amidine groups is 1. The van der Waals surface area contributed by atoms with Crippen LogP contribution in [-0.4, -0.2) is 25.6 Å². The first-order chi connectivity index (χ1) is 9.65. The Kier molecular flexibility index (Phi) is 3.43. The van der Waals surface area contributed by atoms with Crippen LogP contribution in [0.5, 0.6) is 0 Å². The third kappa shape index (κ3) is 2.40. The lowest BCUT2D eigenvalue weighted by molar-refractivity contribution is 0.659. The standard InChI is InChI=1S/C13H16N6S/c1-19-7-16-18-13(19)20-12-9(11(14)15)6-8-4-2-3-5-10(8)17-12/h6-7H,2-5H2,1H3,(H3,14,15). The molecule has 0 amide bonds. The van der Waals surface area contributed by atoms with Gasteiger partial charge in [0, 0.05) is 18.3 Å². The average Bonchev–Trinajstić information content (AvgIpc) is 2.83. The largest absolute Gasteiger partial charge is 0.384 e. The van der Waals surface area contributed by atoms with Crippen LogP contribution in [0.15, 0.2) is 22.6 Å². The number of hydrogen-bond donors (Lipinski definition) is 2. The zero-order valence-corrected chi connectivity index (χ0v) is 12.1. The van der Waals surface area contributed by atoms with E-state index in [0.29, 0.717) is 5.56 Å². The van der Waals surface area contributed by atoms with E-state index in [9.17, 15) is 0 Å². The van der Waals surface area contributed by atoms with Crippen molar-refractivity contribution >= 4 is 17.6 Å². The van der Waals surface area contributed by atoms with E-state index in [1.807, 2.05) is 17.7 Å². The molecular weight excluding hydrogens is 272 g/mol. The van der Waals surface area contributed by atoms with Gasteiger partial charge in [0.25, 0.3) is 0 Å². The number of nitrogens with one attached hydrogen (secondary N) is 1. The number of aromatic nitrogens is 4. The van der Waals surface area contributed by atoms with Gasteiger partial charge in [-0.05, 0) is 49.1 Å². The number of pyridine rings is 1. The van der Waals surface area contributed by atoms with E-state index >= 15 is 0 Å². The first-order valence-corrected chi connectivity index (χ1v) is 7.36. The number of aryl methyl sites for hydroxylation is 3. The second-order valence-corrected chi connectivity index (χ2v) is 5.85. The molecule has 0 saturated heterocycles. The summed E-state index contributed by atoms with van der Waals surface area (Å²) < 4.78 is 1.83. The zero-order chi connectivity index (χ0) is 14.1. The molecule has 2 aromatic heterocycles. The highest BCUT2D eigenvalue weighted by Crippen LogP contribution is 2.30. The molecule has 0 fully saturated rings. The Labute approximate surface area is 121 Å². The van der Waals surface area contributed by atoms with Gasteiger partial charge >= 0.3 is 0 Å². The Hall–Kier alpha value is -1.89. The molecule has 0 aliphatic heterocycles. The summed E-state index contributed by atoms with van der Waals surface area (Å²) in [6, 6.07) is 2.02. The van der Waals surface area contributed by atoms with Crippen molar-refractivity contribution in [2.75, 3.05) is 0 Å². The van der Waals surface area contributed by atoms with Gasteiger partial charge in [-0.3, -0.25) is 5.41 Å². The monoisotopic (exact) mass is 288 g/mol. The highest BCUT2D eigenvalue weighted by atomic mass is 32.2. The van der Waals surface area contributed by atoms with Gasteiger partial charge < -0.3 is 10.3 Å². The lowest BCUT2D eigenvalue weighted by Crippen LogP contribution is -2.16. The summed E-state index contributed by atoms with van der Waals surface area (Å²) in [7, 11) is 1.88. The van der Waals surface area contributed by atoms with Crippen molar-refractivity contribution in [3.63, 3.8) is 0 Å². The van der Waals surface area contributed by atoms with Crippen LogP contribution in [0, 0.1) is 5.41 Å². The SMILES string of the molecule is Cn1cnnc1Sc1nc2c(cc1C(=N)N)CCCC2. The second-order valence-electron chi connectivity index (χ2n) is 4.89. The molecule has 7 heteroatoms. The molecule has 0 aromatic carbocycles. The van der Waals surface area contributed by atoms with Crippen molar-refractivity contribution in [2.45, 2.75) is 35.9 Å². The van der Waals surface area contributed by atoms with E-state index in [2.05, 4.69) is 10.2 Å². The first kappa shape index (κ1) is 13.1. The third-order valence-corrected chi connectivity index (χ3v) is 4.47. The summed E-state index contributed by atoms with van der Waals surface area (Å²) in [6.45, 7) is 0. The van der Waals surface area contributed by atoms with Gasteiger partial charge in [0.15, 0.2) is 5.16 Å². The topological polar surface area (TPSA) is 93.5 Å². The number of rotatable bonds is 3. The van der Waals surface area contributed by atoms with Crippen LogP contribution in [0.4, 0.5) is 0 Å². The quantitative estimate of drug-likeness (QED) is 0.660. The van der Waals surface area contributed by atoms with Gasteiger partial charge in [-0.15, -0.1) is 10.2 Å². The fourth-order valence-corrected chi connectivity index (χ4v) is 3.22. The minimum atomic E-state index is 0.0514. The predicted molar refractivity (Wildman–Crippen MR) is 77.0 cm³/mol. The lowest BCUT2D eigenvalue weighted by atomic mass is 9.95. The smallest absolute Gasteiger partial charge is 0.197 e. The van der Waals surface area contributed by atoms with E-state index in [-0.39, 0.29) is 5.84 Å². The summed E-state index contributed by atoms with van der Waals surface area (Å²) in [5, 5.41) is 17.2. The van der Waals surface area contributed by atoms with Crippen molar-refractivity contribution in [2.24, 2.45) is 12.8 Å². The minimum absolute atomic E-state index is 0.0514. The molecule has 0 unspecified atom stereocenters. The van der Waals surface area contributed by atoms with Crippen LogP contribution in [0.1, 0.15) is 29.7 Å². The Morgan fingerprint density at radius 1 is 1.40 bits per heavy atom. The van der Waals surface area contributed by atoms with Crippen molar-refractivity contribution in [3.05, 3.63) is 29.2 Å². The van der Waals surface area contributed by atoms with Crippen LogP contribution in [0.25, 0.3) is 0 Å². The van der Waals surface area contributed by atoms with Crippen LogP contribution in [0.3, 0.4) is 0 Å². The van der Waals surface area contributed by atoms with Crippen molar-refractivity contribution < 1.29 is 0 Å². The van der Waals surface area contributed by atoms with E-state index in [1.165, 1.54) is 30.2 Å². The number of hydrogen-bond acceptors (Lipinski definition) is 5. The number of nitrogens with two attached hydrogens (primary N) is 1. The molecule has 20 heavy (non-hydrogen) atoms. The fraction of sp³-hybridized carbons (Fsp3) is 0.385. The van der Waals surface area contributed by atoms with Gasteiger partial charge in [0.2, 0.25) is 0 Å². The van der Waals surface area contributed by atoms with Gasteiger partial charge in [-0.1, -0.05) is 0 Å². The van der Waals surface area contributed by atoms with Crippen LogP contribution >= 0.6 is 11.8 Å². The summed E-state index contributed by atoms with van der Waals surface area (Å²) in [6.07, 6.45) is 6.03. The van der Waals surface area contributed by atoms with Gasteiger partial charge in [0.1, 0.15) is 17.2 Å². The fourth-order valence-electron chi connectivity index (χ4n) is 2.34. The molecular formula is C13H16N6S. The molecule has 0 radical (unpaired) electrons. The van der Waals surface area contributed by atoms with E-state index < -0.39 is 0 Å². The highest BCUT2D eigenvalue weighted by Gasteiger charge is 2.18. The number of nitrogens with zero attached hydrogens (tertiary/aromatic N) is 4. The molecule has 1 aliphatic carbocycles. The van der Waals surface area contributed by atoms with Crippen LogP contribution < -0.4 is 5.73 Å². The van der Waals surface area contributed by atoms with Crippen molar-refractivity contribution in [3.8, 4) is 0 Å². The normalized spacial score (nSPS) is 14.1. The van der Waals surface area contributed by atoms with Crippen LogP contribution in [-0.2, 0) is 19.9 Å². The maximum Gasteiger partial charge on any atom is 0.197 e. The first-order valence-electron chi connectivity index (χ1n) is 6.54. The summed E-state index contributed by atoms with van der Waals surface area (Å²) in [5.41, 5.74) is 8.75. The molecule has 0 atom stereocenters. The Morgan fingerprint density at radius 3 is 2.90 bits per heavy atom. The molecule has 6 nitrogen and oxygen atoms in total. The van der Waals surface area contributed by atoms with Gasteiger partial charge in [-0.25, -0.2) is 4.98 Å². The molecule has 3 rings (SSSR count). The Balaban J connectivity index is 2.04. The zero-order valence-electron chi connectivity index (χ0n) is 11.3. The summed E-state index contributed by atoms with van der Waals surface area (Å²) in [4.78, 5) is 4.71. The number of fused-ring (bicyclic) bond motifs is 1. The molecule has 2 aromatic rings. The van der Waals surface area contributed by atoms with Gasteiger partial charge in [-0.2, -0.15) is 0 Å². The van der Waals surface area contributed by atoms with Gasteiger partial charge in [0.05, 0.1) is 0 Å². The maximum atomic E-state index is 7.76. The van der Waals surface area contributed by atoms with E-state index in [0.717, 1.165) is 28.7 Å². The Morgan fingerprint density at radius 2 is 2.20 bits per heavy atom. The van der Waals surface area contributed by atoms with E-state index in [4.69, 9.17) is 16.1 Å². The molecule has 0 bridgehead atoms. The predicted octanol–water partition coefficient (Wildman–Crippen LogP) is 1.52. The average molecular weight is 288 g/mol. The molecule has 1 aliphatic rings. The van der Waals surface area contributed by atoms with Crippen molar-refractivity contribution in [1.29, 1.82) is 5.41 Å². The third-order valence-electron chi connectivity index (χ3n) is 3.41. The molecule has 0 saturated carbocycles. The second kappa shape index (κ2) is 5.24. The molecule has 104 valence electrons. The summed E-state index contributed by atoms with van der Waals surface area (Å²) >= 11 is 1.41. The number of nitrogen functional groups attached to an aromatic ring is 1. The maximum absolute atomic E-state index is 7.76. The molecule has 3 N–H and O–H groups in total. The van der Waals surface area contributed by atoms with E-state index in [1.54, 1.807) is 6.33 Å².